The van der Waals surface area contributed by atoms with Gasteiger partial charge in [0.25, 0.3) is 5.91 Å². The van der Waals surface area contributed by atoms with Crippen molar-refractivity contribution in [2.75, 3.05) is 6.61 Å². The number of hydroxylamine groups is 2. The summed E-state index contributed by atoms with van der Waals surface area (Å²) >= 11 is 0. The van der Waals surface area contributed by atoms with Crippen molar-refractivity contribution in [3.63, 3.8) is 0 Å². The van der Waals surface area contributed by atoms with Gasteiger partial charge in [0.15, 0.2) is 0 Å². The highest BCUT2D eigenvalue weighted by Gasteiger charge is 2.38. The minimum Gasteiger partial charge on any atom is -0.329 e. The van der Waals surface area contributed by atoms with Gasteiger partial charge in [-0.2, -0.15) is 31.3 Å². The lowest BCUT2D eigenvalue weighted by Gasteiger charge is -2.20. The van der Waals surface area contributed by atoms with Crippen molar-refractivity contribution in [3.8, 4) is 11.4 Å². The Morgan fingerprint density at radius 1 is 1.17 bits per heavy atom. The van der Waals surface area contributed by atoms with Gasteiger partial charge in [-0.1, -0.05) is 36.3 Å². The largest absolute Gasteiger partial charge is 0.471 e. The van der Waals surface area contributed by atoms with Crippen molar-refractivity contribution in [3.05, 3.63) is 47.9 Å². The van der Waals surface area contributed by atoms with Crippen molar-refractivity contribution in [1.82, 2.24) is 15.2 Å². The van der Waals surface area contributed by atoms with Crippen LogP contribution in [0.15, 0.2) is 40.9 Å². The van der Waals surface area contributed by atoms with Crippen molar-refractivity contribution in [1.29, 1.82) is 0 Å². The molecule has 0 atom stereocenters. The molecule has 0 fully saturated rings. The van der Waals surface area contributed by atoms with Crippen molar-refractivity contribution in [2.45, 2.75) is 32.2 Å². The summed E-state index contributed by atoms with van der Waals surface area (Å²) in [7, 11) is 0. The fourth-order valence-corrected chi connectivity index (χ4v) is 2.02. The molecule has 0 saturated heterocycles. The van der Waals surface area contributed by atoms with Crippen LogP contribution >= 0.6 is 0 Å². The van der Waals surface area contributed by atoms with Crippen molar-refractivity contribution >= 4 is 5.91 Å². The normalized spacial score (nSPS) is 12.5. The molecule has 6 nitrogen and oxygen atoms in total. The molecule has 1 heterocycles. The van der Waals surface area contributed by atoms with Crippen LogP contribution in [0.4, 0.5) is 26.3 Å². The van der Waals surface area contributed by atoms with Crippen LogP contribution in [-0.2, 0) is 22.4 Å². The molecule has 0 aliphatic carbocycles. The smallest absolute Gasteiger partial charge is 0.329 e. The van der Waals surface area contributed by atoms with E-state index in [0.717, 1.165) is 5.06 Å². The first-order valence-electron chi connectivity index (χ1n) is 8.20. The summed E-state index contributed by atoms with van der Waals surface area (Å²) in [4.78, 5) is 20.4. The van der Waals surface area contributed by atoms with Gasteiger partial charge in [0.1, 0.15) is 0 Å². The van der Waals surface area contributed by atoms with E-state index in [1.54, 1.807) is 6.92 Å². The lowest BCUT2D eigenvalue weighted by atomic mass is 10.1. The monoisotopic (exact) mass is 423 g/mol. The molecule has 12 heteroatoms. The number of allylic oxidation sites excluding steroid dienone is 1. The van der Waals surface area contributed by atoms with Gasteiger partial charge < -0.3 is 4.52 Å². The zero-order valence-electron chi connectivity index (χ0n) is 14.9. The Morgan fingerprint density at radius 2 is 1.83 bits per heavy atom. The number of benzene rings is 1. The number of carbonyl (C=O) groups excluding carboxylic acids is 1. The quantitative estimate of drug-likeness (QED) is 0.372. The average Bonchev–Trinajstić information content (AvgIpc) is 3.13. The fourth-order valence-electron chi connectivity index (χ4n) is 2.02. The van der Waals surface area contributed by atoms with Crippen LogP contribution < -0.4 is 0 Å². The van der Waals surface area contributed by atoms with E-state index in [0.29, 0.717) is 18.1 Å². The standard InChI is InChI=1S/C17H15F6N3O3/c1-2-9-28-26(13(27)7-8-16(18,19)20)10-11-3-5-12(6-4-11)14-24-15(29-25-14)17(21,22)23/h3-8H,2,9-10H2,1H3. The molecule has 1 aromatic carbocycles. The first-order valence-corrected chi connectivity index (χ1v) is 8.20. The van der Waals surface area contributed by atoms with Crippen LogP contribution in [0.2, 0.25) is 0 Å². The van der Waals surface area contributed by atoms with Crippen LogP contribution in [0.25, 0.3) is 11.4 Å². The molecule has 0 bridgehead atoms. The van der Waals surface area contributed by atoms with Gasteiger partial charge in [-0.25, -0.2) is 5.06 Å². The minimum atomic E-state index is -4.77. The molecule has 0 saturated carbocycles. The number of alkyl halides is 6. The fraction of sp³-hybridized carbons (Fsp3) is 0.353. The van der Waals surface area contributed by atoms with Gasteiger partial charge in [0.2, 0.25) is 5.82 Å². The second kappa shape index (κ2) is 9.07. The van der Waals surface area contributed by atoms with Gasteiger partial charge in [0, 0.05) is 17.7 Å². The third kappa shape index (κ3) is 6.89. The molecular weight excluding hydrogens is 408 g/mol. The molecule has 2 aromatic rings. The van der Waals surface area contributed by atoms with Crippen LogP contribution in [-0.4, -0.2) is 33.9 Å². The summed E-state index contributed by atoms with van der Waals surface area (Å²) in [6.45, 7) is 1.68. The summed E-state index contributed by atoms with van der Waals surface area (Å²) < 4.78 is 78.4. The van der Waals surface area contributed by atoms with E-state index in [4.69, 9.17) is 4.84 Å². The first-order chi connectivity index (χ1) is 13.5. The van der Waals surface area contributed by atoms with Crippen LogP contribution in [0.5, 0.6) is 0 Å². The van der Waals surface area contributed by atoms with Gasteiger partial charge >= 0.3 is 18.2 Å². The summed E-state index contributed by atoms with van der Waals surface area (Å²) in [6.07, 6.45) is -8.75. The van der Waals surface area contributed by atoms with E-state index in [1.165, 1.54) is 24.3 Å². The zero-order valence-corrected chi connectivity index (χ0v) is 14.9. The van der Waals surface area contributed by atoms with E-state index in [9.17, 15) is 31.1 Å². The molecule has 2 rings (SSSR count). The minimum absolute atomic E-state index is 0.104. The molecule has 1 aromatic heterocycles. The first kappa shape index (κ1) is 22.4. The SMILES string of the molecule is CCCON(Cc1ccc(-c2noc(C(F)(F)F)n2)cc1)C(=O)C=CC(F)(F)F. The van der Waals surface area contributed by atoms with E-state index in [1.807, 2.05) is 0 Å². The maximum Gasteiger partial charge on any atom is 0.471 e. The number of amides is 1. The third-order valence-corrected chi connectivity index (χ3v) is 3.32. The number of hydrogen-bond acceptors (Lipinski definition) is 5. The number of halogens is 6. The molecule has 29 heavy (non-hydrogen) atoms. The summed E-state index contributed by atoms with van der Waals surface area (Å²) in [5, 5.41) is 4.01. The van der Waals surface area contributed by atoms with Gasteiger partial charge in [0.05, 0.1) is 13.2 Å². The van der Waals surface area contributed by atoms with Crippen molar-refractivity contribution < 1.29 is 40.5 Å². The van der Waals surface area contributed by atoms with Gasteiger partial charge in [-0.3, -0.25) is 9.63 Å². The van der Waals surface area contributed by atoms with E-state index < -0.39 is 24.2 Å². The number of hydrogen-bond donors (Lipinski definition) is 0. The zero-order chi connectivity index (χ0) is 21.7. The Balaban J connectivity index is 2.12. The lowest BCUT2D eigenvalue weighted by Crippen LogP contribution is -2.30. The molecule has 0 N–H and O–H groups in total. The van der Waals surface area contributed by atoms with Gasteiger partial charge in [-0.05, 0) is 12.0 Å². The topological polar surface area (TPSA) is 68.5 Å². The second-order valence-corrected chi connectivity index (χ2v) is 5.70. The maximum absolute atomic E-state index is 12.5. The van der Waals surface area contributed by atoms with Crippen LogP contribution in [0, 0.1) is 0 Å². The number of aromatic nitrogens is 2. The van der Waals surface area contributed by atoms with E-state index in [2.05, 4.69) is 14.7 Å². The Morgan fingerprint density at radius 3 is 2.34 bits per heavy atom. The average molecular weight is 423 g/mol. The van der Waals surface area contributed by atoms with Gasteiger partial charge in [-0.15, -0.1) is 0 Å². The summed E-state index contributed by atoms with van der Waals surface area (Å²) in [5.74, 6) is -2.78. The van der Waals surface area contributed by atoms with E-state index >= 15 is 0 Å². The number of nitrogens with zero attached hydrogens (tertiary/aromatic N) is 3. The summed E-state index contributed by atoms with van der Waals surface area (Å²) in [6, 6.07) is 5.66. The Labute approximate surface area is 160 Å². The predicted octanol–water partition coefficient (Wildman–Crippen LogP) is 4.54. The molecule has 0 unspecified atom stereocenters. The van der Waals surface area contributed by atoms with Crippen molar-refractivity contribution in [2.24, 2.45) is 0 Å². The Bertz CT molecular complexity index is 843. The Hall–Kier alpha value is -2.89. The molecule has 158 valence electrons. The highest BCUT2D eigenvalue weighted by atomic mass is 19.4. The Kier molecular flexibility index (Phi) is 7.01. The molecule has 1 amide bonds. The third-order valence-electron chi connectivity index (χ3n) is 3.32. The highest BCUT2D eigenvalue weighted by Crippen LogP contribution is 2.29. The second-order valence-electron chi connectivity index (χ2n) is 5.70. The lowest BCUT2D eigenvalue weighted by molar-refractivity contribution is -0.185. The predicted molar refractivity (Wildman–Crippen MR) is 86.7 cm³/mol. The molecule has 0 aliphatic heterocycles. The van der Waals surface area contributed by atoms with Crippen LogP contribution in [0.1, 0.15) is 24.8 Å². The number of carbonyl (C=O) groups is 1. The summed E-state index contributed by atoms with van der Waals surface area (Å²) in [5.41, 5.74) is 0.676. The van der Waals surface area contributed by atoms with Crippen LogP contribution in [0.3, 0.4) is 0 Å². The molecular formula is C17H15F6N3O3. The van der Waals surface area contributed by atoms with E-state index in [-0.39, 0.29) is 30.6 Å². The number of rotatable bonds is 7. The highest BCUT2D eigenvalue weighted by molar-refractivity contribution is 5.86. The molecule has 0 aliphatic rings. The molecule has 0 spiro atoms. The molecule has 0 radical (unpaired) electrons. The maximum atomic E-state index is 12.5.